The molecule has 0 heteroatoms. The van der Waals surface area contributed by atoms with Crippen molar-refractivity contribution >= 4 is 86.2 Å². The van der Waals surface area contributed by atoms with Crippen molar-refractivity contribution in [3.8, 4) is 55.6 Å². The first kappa shape index (κ1) is 35.3. The van der Waals surface area contributed by atoms with Crippen molar-refractivity contribution in [3.05, 3.63) is 231 Å². The van der Waals surface area contributed by atoms with Gasteiger partial charge in [0.2, 0.25) is 0 Å². The Morgan fingerprint density at radius 1 is 0.156 bits per heavy atom. The first-order valence-electron chi connectivity index (χ1n) is 22.3. The molecule has 0 spiro atoms. The molecule has 0 amide bonds. The minimum absolute atomic E-state index is 1.20. The molecule has 14 aromatic rings. The Morgan fingerprint density at radius 2 is 0.578 bits per heavy atom. The van der Waals surface area contributed by atoms with Gasteiger partial charge >= 0.3 is 0 Å². The summed E-state index contributed by atoms with van der Waals surface area (Å²) in [7, 11) is 0. The van der Waals surface area contributed by atoms with Crippen LogP contribution in [-0.4, -0.2) is 0 Å². The first-order valence-corrected chi connectivity index (χ1v) is 22.3. The van der Waals surface area contributed by atoms with Gasteiger partial charge in [0.1, 0.15) is 0 Å². The minimum Gasteiger partial charge on any atom is -0.0622 e. The summed E-state index contributed by atoms with van der Waals surface area (Å²) >= 11 is 0. The van der Waals surface area contributed by atoms with Crippen molar-refractivity contribution in [2.45, 2.75) is 0 Å². The normalized spacial score (nSPS) is 12.1. The molecule has 0 N–H and O–H groups in total. The van der Waals surface area contributed by atoms with Crippen LogP contribution in [0.4, 0.5) is 0 Å². The zero-order valence-corrected chi connectivity index (χ0v) is 34.9. The average molecular weight is 807 g/mol. The van der Waals surface area contributed by atoms with Crippen molar-refractivity contribution in [2.75, 3.05) is 0 Å². The van der Waals surface area contributed by atoms with Gasteiger partial charge in [-0.05, 0) is 166 Å². The smallest absolute Gasteiger partial charge is 0.00206 e. The van der Waals surface area contributed by atoms with Crippen LogP contribution in [-0.2, 0) is 0 Å². The largest absolute Gasteiger partial charge is 0.0622 e. The molecule has 14 aromatic carbocycles. The Labute approximate surface area is 370 Å². The van der Waals surface area contributed by atoms with E-state index >= 15 is 0 Å². The van der Waals surface area contributed by atoms with Gasteiger partial charge in [-0.15, -0.1) is 0 Å². The second kappa shape index (κ2) is 13.6. The quantitative estimate of drug-likeness (QED) is 0.152. The lowest BCUT2D eigenvalue weighted by Gasteiger charge is -2.20. The van der Waals surface area contributed by atoms with Crippen LogP contribution in [0.25, 0.3) is 142 Å². The fraction of sp³-hybridized carbons (Fsp3) is 0. The maximum Gasteiger partial charge on any atom is -0.00206 e. The molecule has 0 aliphatic carbocycles. The van der Waals surface area contributed by atoms with Crippen LogP contribution in [0.2, 0.25) is 0 Å². The monoisotopic (exact) mass is 806 g/mol. The van der Waals surface area contributed by atoms with Crippen LogP contribution >= 0.6 is 0 Å². The van der Waals surface area contributed by atoms with E-state index in [1.807, 2.05) is 0 Å². The molecule has 0 radical (unpaired) electrons. The summed E-state index contributed by atoms with van der Waals surface area (Å²) in [6, 6.07) is 86.5. The minimum atomic E-state index is 1.20. The van der Waals surface area contributed by atoms with Gasteiger partial charge in [-0.3, -0.25) is 0 Å². The predicted octanol–water partition coefficient (Wildman–Crippen LogP) is 18.1. The maximum atomic E-state index is 2.47. The molecule has 0 aliphatic rings. The van der Waals surface area contributed by atoms with E-state index in [1.165, 1.54) is 142 Å². The second-order valence-corrected chi connectivity index (χ2v) is 17.5. The van der Waals surface area contributed by atoms with Crippen molar-refractivity contribution in [2.24, 2.45) is 0 Å². The van der Waals surface area contributed by atoms with Gasteiger partial charge in [0.25, 0.3) is 0 Å². The lowest BCUT2D eigenvalue weighted by Crippen LogP contribution is -1.93. The molecule has 0 aliphatic heterocycles. The Bertz CT molecular complexity index is 4140. The van der Waals surface area contributed by atoms with Crippen LogP contribution in [0.3, 0.4) is 0 Å². The zero-order valence-electron chi connectivity index (χ0n) is 34.9. The molecule has 0 saturated heterocycles. The molecule has 0 heterocycles. The van der Waals surface area contributed by atoms with Gasteiger partial charge < -0.3 is 0 Å². The number of hydrogen-bond acceptors (Lipinski definition) is 0. The van der Waals surface area contributed by atoms with E-state index in [9.17, 15) is 0 Å². The van der Waals surface area contributed by atoms with Gasteiger partial charge in [-0.1, -0.05) is 206 Å². The molecule has 0 aromatic heterocycles. The summed E-state index contributed by atoms with van der Waals surface area (Å²) in [6.07, 6.45) is 0. The second-order valence-electron chi connectivity index (χ2n) is 17.5. The molecular formula is C64H38. The highest BCUT2D eigenvalue weighted by Crippen LogP contribution is 2.47. The first-order chi connectivity index (χ1) is 31.7. The Hall–Kier alpha value is -8.32. The van der Waals surface area contributed by atoms with E-state index in [-0.39, 0.29) is 0 Å². The van der Waals surface area contributed by atoms with Crippen LogP contribution in [0.15, 0.2) is 231 Å². The molecule has 0 unspecified atom stereocenters. The highest BCUT2D eigenvalue weighted by molar-refractivity contribution is 6.28. The van der Waals surface area contributed by atoms with Gasteiger partial charge in [0.15, 0.2) is 0 Å². The molecular weight excluding hydrogens is 769 g/mol. The van der Waals surface area contributed by atoms with E-state index in [1.54, 1.807) is 0 Å². The molecule has 14 rings (SSSR count). The summed E-state index contributed by atoms with van der Waals surface area (Å²) in [5.41, 5.74) is 12.3. The third-order valence-electron chi connectivity index (χ3n) is 14.1. The standard InChI is InChI=1S/C64H38/c1-2-11-39(12-3-1)49-18-6-7-20-51(49)52-21-10-22-53-59(52)37-48(38-60(53)55-32-28-45-26-24-41-15-9-17-43-30-34-57(55)64(45)62(41)43)47-35-46-13-4-5-19-50(46)58(36-47)54-31-27-44-25-23-40-14-8-16-42-29-33-56(54)63(44)61(40)42/h1-38H. The average Bonchev–Trinajstić information content (AvgIpc) is 3.36. The SMILES string of the molecule is c1ccc(-c2ccccc2-c2cccc3c(-c4ccc5ccc6cccc7ccc4c5c67)cc(-c4cc(-c5ccc6ccc7cccc8ccc5c6c78)c5ccccc5c4)cc23)cc1. The van der Waals surface area contributed by atoms with Crippen LogP contribution in [0.1, 0.15) is 0 Å². The Morgan fingerprint density at radius 3 is 1.22 bits per heavy atom. The van der Waals surface area contributed by atoms with Gasteiger partial charge in [0.05, 0.1) is 0 Å². The fourth-order valence-corrected chi connectivity index (χ4v) is 11.2. The summed E-state index contributed by atoms with van der Waals surface area (Å²) in [5.74, 6) is 0. The van der Waals surface area contributed by atoms with Gasteiger partial charge in [-0.25, -0.2) is 0 Å². The molecule has 0 fully saturated rings. The van der Waals surface area contributed by atoms with Crippen molar-refractivity contribution in [3.63, 3.8) is 0 Å². The molecule has 64 heavy (non-hydrogen) atoms. The Balaban J connectivity index is 1.08. The van der Waals surface area contributed by atoms with Crippen molar-refractivity contribution in [1.82, 2.24) is 0 Å². The van der Waals surface area contributed by atoms with E-state index < -0.39 is 0 Å². The topological polar surface area (TPSA) is 0 Å². The zero-order chi connectivity index (χ0) is 41.9. The fourth-order valence-electron chi connectivity index (χ4n) is 11.2. The Kier molecular flexibility index (Phi) is 7.49. The van der Waals surface area contributed by atoms with E-state index in [2.05, 4.69) is 231 Å². The van der Waals surface area contributed by atoms with Gasteiger partial charge in [-0.2, -0.15) is 0 Å². The number of hydrogen-bond donors (Lipinski definition) is 0. The van der Waals surface area contributed by atoms with Crippen LogP contribution in [0.5, 0.6) is 0 Å². The third-order valence-corrected chi connectivity index (χ3v) is 14.1. The summed E-state index contributed by atoms with van der Waals surface area (Å²) in [5, 5.41) is 20.6. The van der Waals surface area contributed by atoms with E-state index in [4.69, 9.17) is 0 Å². The summed E-state index contributed by atoms with van der Waals surface area (Å²) < 4.78 is 0. The van der Waals surface area contributed by atoms with Gasteiger partial charge in [0, 0.05) is 0 Å². The third kappa shape index (κ3) is 5.17. The van der Waals surface area contributed by atoms with Crippen LogP contribution < -0.4 is 0 Å². The number of benzene rings is 14. The van der Waals surface area contributed by atoms with Crippen molar-refractivity contribution in [1.29, 1.82) is 0 Å². The lowest BCUT2D eigenvalue weighted by molar-refractivity contribution is 1.59. The predicted molar refractivity (Wildman–Crippen MR) is 276 cm³/mol. The lowest BCUT2D eigenvalue weighted by atomic mass is 9.84. The van der Waals surface area contributed by atoms with E-state index in [0.29, 0.717) is 0 Å². The molecule has 0 bridgehead atoms. The summed E-state index contributed by atoms with van der Waals surface area (Å²) in [4.78, 5) is 0. The number of rotatable bonds is 5. The molecule has 0 atom stereocenters. The highest BCUT2D eigenvalue weighted by atomic mass is 14.2. The summed E-state index contributed by atoms with van der Waals surface area (Å²) in [6.45, 7) is 0. The molecule has 0 saturated carbocycles. The molecule has 294 valence electrons. The molecule has 0 nitrogen and oxygen atoms in total. The van der Waals surface area contributed by atoms with Crippen LogP contribution in [0, 0.1) is 0 Å². The number of fused-ring (bicyclic) bond motifs is 2. The highest BCUT2D eigenvalue weighted by Gasteiger charge is 2.20. The van der Waals surface area contributed by atoms with E-state index in [0.717, 1.165) is 0 Å². The van der Waals surface area contributed by atoms with Crippen molar-refractivity contribution < 1.29 is 0 Å². The maximum absolute atomic E-state index is 2.47.